The molecule has 1 atom stereocenters. The maximum Gasteiger partial charge on any atom is 0.306 e. The Hall–Kier alpha value is -2.92. The summed E-state index contributed by atoms with van der Waals surface area (Å²) in [5, 5.41) is 9.50. The van der Waals surface area contributed by atoms with Gasteiger partial charge in [0.1, 0.15) is 6.61 Å². The van der Waals surface area contributed by atoms with Gasteiger partial charge in [0.25, 0.3) is 0 Å². The summed E-state index contributed by atoms with van der Waals surface area (Å²) < 4.78 is 10.5. The summed E-state index contributed by atoms with van der Waals surface area (Å²) in [6.45, 7) is 3.95. The highest BCUT2D eigenvalue weighted by Crippen LogP contribution is 2.12. The van der Waals surface area contributed by atoms with E-state index in [2.05, 4.69) is 98.9 Å². The van der Waals surface area contributed by atoms with E-state index in [0.29, 0.717) is 12.8 Å². The van der Waals surface area contributed by atoms with Crippen LogP contribution in [-0.4, -0.2) is 36.4 Å². The maximum atomic E-state index is 12.1. The van der Waals surface area contributed by atoms with Gasteiger partial charge in [-0.3, -0.25) is 9.59 Å². The number of rotatable bonds is 35. The summed E-state index contributed by atoms with van der Waals surface area (Å²) >= 11 is 0. The van der Waals surface area contributed by atoms with Crippen LogP contribution < -0.4 is 0 Å². The monoisotopic (exact) mass is 695 g/mol. The lowest BCUT2D eigenvalue weighted by Gasteiger charge is -2.15. The molecule has 0 aliphatic rings. The van der Waals surface area contributed by atoms with E-state index in [-0.39, 0.29) is 25.2 Å². The molecule has 0 aliphatic carbocycles. The molecule has 0 aromatic carbocycles. The maximum absolute atomic E-state index is 12.1. The zero-order valence-electron chi connectivity index (χ0n) is 32.1. The van der Waals surface area contributed by atoms with E-state index < -0.39 is 6.10 Å². The number of unbranched alkanes of at least 4 members (excludes halogenated alkanes) is 13. The van der Waals surface area contributed by atoms with Crippen molar-refractivity contribution < 1.29 is 24.2 Å². The number of carbonyl (C=O) groups is 2. The number of esters is 2. The third-order valence-corrected chi connectivity index (χ3v) is 8.20. The molecule has 1 unspecified atom stereocenters. The molecule has 0 aromatic heterocycles. The van der Waals surface area contributed by atoms with Crippen LogP contribution in [0.3, 0.4) is 0 Å². The lowest BCUT2D eigenvalue weighted by molar-refractivity contribution is -0.161. The van der Waals surface area contributed by atoms with Gasteiger partial charge in [-0.2, -0.15) is 0 Å². The highest BCUT2D eigenvalue weighted by atomic mass is 16.6. The summed E-state index contributed by atoms with van der Waals surface area (Å²) in [6, 6.07) is 0. The van der Waals surface area contributed by atoms with E-state index >= 15 is 0 Å². The molecule has 284 valence electrons. The lowest BCUT2D eigenvalue weighted by atomic mass is 10.1. The molecule has 0 heterocycles. The van der Waals surface area contributed by atoms with Gasteiger partial charge in [0, 0.05) is 12.8 Å². The standard InChI is InChI=1S/C45H74O5/c1-3-5-7-9-11-12-13-14-15-16-17-18-19-20-21-22-23-24-25-26-27-28-29-30-31-32-34-36-38-40-45(48)50-43(41-46)42-49-44(47)39-37-35-33-10-8-6-4-2/h5,7,11-12,14-15,17-18,20-21,23-24,26-27,43,46H,3-4,6,8-10,13,16,19,22,25,28-42H2,1-2H3/b7-5-,12-11-,15-14-,18-17-,21-20-,24-23-,27-26-. The van der Waals surface area contributed by atoms with Gasteiger partial charge in [-0.1, -0.05) is 170 Å². The first kappa shape index (κ1) is 47.1. The Labute approximate surface area is 307 Å². The van der Waals surface area contributed by atoms with Gasteiger partial charge in [0.15, 0.2) is 6.10 Å². The van der Waals surface area contributed by atoms with Gasteiger partial charge < -0.3 is 14.6 Å². The first-order valence-corrected chi connectivity index (χ1v) is 20.1. The Morgan fingerprint density at radius 2 is 0.860 bits per heavy atom. The molecule has 0 fully saturated rings. The second-order valence-electron chi connectivity index (χ2n) is 13.0. The number of hydrogen-bond donors (Lipinski definition) is 1. The molecule has 0 radical (unpaired) electrons. The largest absolute Gasteiger partial charge is 0.462 e. The first-order chi connectivity index (χ1) is 24.6. The molecule has 50 heavy (non-hydrogen) atoms. The van der Waals surface area contributed by atoms with Crippen LogP contribution in [0, 0.1) is 0 Å². The molecule has 0 rings (SSSR count). The first-order valence-electron chi connectivity index (χ1n) is 20.1. The van der Waals surface area contributed by atoms with Crippen LogP contribution in [0.15, 0.2) is 85.1 Å². The Morgan fingerprint density at radius 3 is 1.30 bits per heavy atom. The number of carbonyl (C=O) groups excluding carboxylic acids is 2. The smallest absolute Gasteiger partial charge is 0.306 e. The van der Waals surface area contributed by atoms with Crippen LogP contribution in [0.1, 0.15) is 168 Å². The van der Waals surface area contributed by atoms with Crippen molar-refractivity contribution in [3.05, 3.63) is 85.1 Å². The SMILES string of the molecule is CC/C=C\C/C=C\C/C=C\C/C=C\C/C=C\C/C=C\C/C=C\CCCCCCCCCC(=O)OC(CO)COC(=O)CCCCCCCCC. The molecule has 1 N–H and O–H groups in total. The molecule has 0 bridgehead atoms. The minimum atomic E-state index is -0.778. The van der Waals surface area contributed by atoms with E-state index in [0.717, 1.165) is 89.9 Å². The van der Waals surface area contributed by atoms with Crippen LogP contribution in [0.25, 0.3) is 0 Å². The summed E-state index contributed by atoms with van der Waals surface area (Å²) in [5.74, 6) is -0.618. The summed E-state index contributed by atoms with van der Waals surface area (Å²) in [5.41, 5.74) is 0. The number of aliphatic hydroxyl groups excluding tert-OH is 1. The van der Waals surface area contributed by atoms with E-state index in [4.69, 9.17) is 9.47 Å². The fraction of sp³-hybridized carbons (Fsp3) is 0.644. The minimum Gasteiger partial charge on any atom is -0.462 e. The second kappa shape index (κ2) is 40.5. The molecule has 0 amide bonds. The van der Waals surface area contributed by atoms with Gasteiger partial charge in [-0.05, 0) is 70.6 Å². The van der Waals surface area contributed by atoms with Gasteiger partial charge >= 0.3 is 11.9 Å². The van der Waals surface area contributed by atoms with Gasteiger partial charge in [0.05, 0.1) is 6.61 Å². The molecule has 0 spiro atoms. The Morgan fingerprint density at radius 1 is 0.480 bits per heavy atom. The van der Waals surface area contributed by atoms with Crippen molar-refractivity contribution in [3.63, 3.8) is 0 Å². The summed E-state index contributed by atoms with van der Waals surface area (Å²) in [7, 11) is 0. The van der Waals surface area contributed by atoms with Crippen LogP contribution >= 0.6 is 0 Å². The van der Waals surface area contributed by atoms with Gasteiger partial charge in [-0.25, -0.2) is 0 Å². The molecular weight excluding hydrogens is 620 g/mol. The fourth-order valence-corrected chi connectivity index (χ4v) is 5.18. The quantitative estimate of drug-likeness (QED) is 0.0406. The third kappa shape index (κ3) is 37.9. The number of ether oxygens (including phenoxy) is 2. The average Bonchev–Trinajstić information content (AvgIpc) is 3.12. The predicted octanol–water partition coefficient (Wildman–Crippen LogP) is 12.7. The Kier molecular flexibility index (Phi) is 38.1. The minimum absolute atomic E-state index is 0.0741. The van der Waals surface area contributed by atoms with Crippen molar-refractivity contribution in [1.82, 2.24) is 0 Å². The van der Waals surface area contributed by atoms with E-state index in [1.807, 2.05) is 0 Å². The Balaban J connectivity index is 3.61. The van der Waals surface area contributed by atoms with Crippen molar-refractivity contribution in [1.29, 1.82) is 0 Å². The van der Waals surface area contributed by atoms with Gasteiger partial charge in [-0.15, -0.1) is 0 Å². The van der Waals surface area contributed by atoms with Crippen molar-refractivity contribution in [2.24, 2.45) is 0 Å². The van der Waals surface area contributed by atoms with Crippen molar-refractivity contribution in [2.75, 3.05) is 13.2 Å². The van der Waals surface area contributed by atoms with Gasteiger partial charge in [0.2, 0.25) is 0 Å². The molecule has 0 aliphatic heterocycles. The van der Waals surface area contributed by atoms with Crippen LogP contribution in [0.2, 0.25) is 0 Å². The van der Waals surface area contributed by atoms with E-state index in [9.17, 15) is 14.7 Å². The highest BCUT2D eigenvalue weighted by molar-refractivity contribution is 5.70. The highest BCUT2D eigenvalue weighted by Gasteiger charge is 2.16. The lowest BCUT2D eigenvalue weighted by Crippen LogP contribution is -2.28. The fourth-order valence-electron chi connectivity index (χ4n) is 5.18. The topological polar surface area (TPSA) is 72.8 Å². The normalized spacial score (nSPS) is 13.1. The predicted molar refractivity (Wildman–Crippen MR) is 214 cm³/mol. The molecule has 0 aromatic rings. The van der Waals surface area contributed by atoms with Crippen molar-refractivity contribution >= 4 is 11.9 Å². The molecule has 0 saturated carbocycles. The van der Waals surface area contributed by atoms with Crippen LogP contribution in [0.5, 0.6) is 0 Å². The third-order valence-electron chi connectivity index (χ3n) is 8.20. The number of aliphatic hydroxyl groups is 1. The van der Waals surface area contributed by atoms with Crippen molar-refractivity contribution in [2.45, 2.75) is 174 Å². The zero-order valence-corrected chi connectivity index (χ0v) is 32.1. The summed E-state index contributed by atoms with van der Waals surface area (Å²) in [6.07, 6.45) is 55.2. The summed E-state index contributed by atoms with van der Waals surface area (Å²) in [4.78, 5) is 24.1. The van der Waals surface area contributed by atoms with Crippen LogP contribution in [-0.2, 0) is 19.1 Å². The van der Waals surface area contributed by atoms with E-state index in [1.54, 1.807) is 0 Å². The number of allylic oxidation sites excluding steroid dienone is 14. The van der Waals surface area contributed by atoms with Crippen LogP contribution in [0.4, 0.5) is 0 Å². The van der Waals surface area contributed by atoms with E-state index in [1.165, 1.54) is 51.4 Å². The number of hydrogen-bond acceptors (Lipinski definition) is 5. The second-order valence-corrected chi connectivity index (χ2v) is 13.0. The Bertz CT molecular complexity index is 968. The molecular formula is C45H74O5. The molecule has 5 nitrogen and oxygen atoms in total. The zero-order chi connectivity index (χ0) is 36.4. The van der Waals surface area contributed by atoms with Crippen molar-refractivity contribution in [3.8, 4) is 0 Å². The molecule has 5 heteroatoms. The molecule has 0 saturated heterocycles. The average molecular weight is 695 g/mol.